The Hall–Kier alpha value is -2.10. The molecule has 0 radical (unpaired) electrons. The predicted molar refractivity (Wildman–Crippen MR) is 86.7 cm³/mol. The first kappa shape index (κ1) is 14.8. The number of piperidine rings is 1. The Bertz CT molecular complexity index is 640. The van der Waals surface area contributed by atoms with Gasteiger partial charge in [0.05, 0.1) is 11.3 Å². The Morgan fingerprint density at radius 3 is 2.50 bits per heavy atom. The van der Waals surface area contributed by atoms with Crippen LogP contribution in [0.2, 0.25) is 0 Å². The number of benzene rings is 1. The van der Waals surface area contributed by atoms with Gasteiger partial charge in [0.15, 0.2) is 0 Å². The zero-order chi connectivity index (χ0) is 15.5. The summed E-state index contributed by atoms with van der Waals surface area (Å²) in [6.45, 7) is 3.60. The SMILES string of the molecule is Cc1nn(C)cc1C(=O)N1CCC(Cc2ccccc2)CC1. The summed E-state index contributed by atoms with van der Waals surface area (Å²) < 4.78 is 1.71. The van der Waals surface area contributed by atoms with Crippen molar-refractivity contribution in [1.29, 1.82) is 0 Å². The molecule has 0 atom stereocenters. The third-order valence-corrected chi connectivity index (χ3v) is 4.51. The molecule has 116 valence electrons. The van der Waals surface area contributed by atoms with Gasteiger partial charge >= 0.3 is 0 Å². The fraction of sp³-hybridized carbons (Fsp3) is 0.444. The van der Waals surface area contributed by atoms with Crippen LogP contribution in [0.3, 0.4) is 0 Å². The lowest BCUT2D eigenvalue weighted by atomic mass is 9.90. The Balaban J connectivity index is 1.57. The summed E-state index contributed by atoms with van der Waals surface area (Å²) in [5, 5.41) is 4.27. The number of carbonyl (C=O) groups excluding carboxylic acids is 1. The first-order valence-electron chi connectivity index (χ1n) is 7.97. The Morgan fingerprint density at radius 2 is 1.91 bits per heavy atom. The third-order valence-electron chi connectivity index (χ3n) is 4.51. The molecule has 0 saturated carbocycles. The van der Waals surface area contributed by atoms with Gasteiger partial charge in [0, 0.05) is 26.3 Å². The molecule has 2 heterocycles. The van der Waals surface area contributed by atoms with Gasteiger partial charge in [-0.15, -0.1) is 0 Å². The molecule has 1 aliphatic heterocycles. The molecule has 0 unspecified atom stereocenters. The molecule has 1 aromatic carbocycles. The van der Waals surface area contributed by atoms with E-state index >= 15 is 0 Å². The van der Waals surface area contributed by atoms with Gasteiger partial charge in [-0.05, 0) is 37.7 Å². The maximum atomic E-state index is 12.6. The summed E-state index contributed by atoms with van der Waals surface area (Å²) in [6.07, 6.45) is 5.11. The monoisotopic (exact) mass is 297 g/mol. The highest BCUT2D eigenvalue weighted by molar-refractivity contribution is 5.95. The quantitative estimate of drug-likeness (QED) is 0.873. The van der Waals surface area contributed by atoms with Gasteiger partial charge in [0.2, 0.25) is 0 Å². The second-order valence-corrected chi connectivity index (χ2v) is 6.23. The van der Waals surface area contributed by atoms with Crippen molar-refractivity contribution in [2.45, 2.75) is 26.2 Å². The smallest absolute Gasteiger partial charge is 0.257 e. The molecule has 4 nitrogen and oxygen atoms in total. The van der Waals surface area contributed by atoms with E-state index in [9.17, 15) is 4.79 Å². The van der Waals surface area contributed by atoms with Gasteiger partial charge in [-0.3, -0.25) is 9.48 Å². The minimum absolute atomic E-state index is 0.128. The molecule has 0 spiro atoms. The van der Waals surface area contributed by atoms with Crippen LogP contribution in [0, 0.1) is 12.8 Å². The second kappa shape index (κ2) is 6.34. The topological polar surface area (TPSA) is 38.1 Å². The van der Waals surface area contributed by atoms with Gasteiger partial charge in [-0.1, -0.05) is 30.3 Å². The molecule has 0 aliphatic carbocycles. The molecule has 1 amide bonds. The molecule has 22 heavy (non-hydrogen) atoms. The summed E-state index contributed by atoms with van der Waals surface area (Å²) >= 11 is 0. The summed E-state index contributed by atoms with van der Waals surface area (Å²) in [5.74, 6) is 0.810. The number of aryl methyl sites for hydroxylation is 2. The lowest BCUT2D eigenvalue weighted by Crippen LogP contribution is -2.39. The van der Waals surface area contributed by atoms with E-state index in [1.165, 1.54) is 5.56 Å². The van der Waals surface area contributed by atoms with Crippen molar-refractivity contribution in [2.24, 2.45) is 13.0 Å². The van der Waals surface area contributed by atoms with E-state index in [1.54, 1.807) is 4.68 Å². The molecule has 1 aliphatic rings. The average Bonchev–Trinajstić information content (AvgIpc) is 2.87. The van der Waals surface area contributed by atoms with Crippen LogP contribution in [0.15, 0.2) is 36.5 Å². The molecular weight excluding hydrogens is 274 g/mol. The highest BCUT2D eigenvalue weighted by atomic mass is 16.2. The van der Waals surface area contributed by atoms with Crippen LogP contribution in [0.5, 0.6) is 0 Å². The van der Waals surface area contributed by atoms with E-state index in [4.69, 9.17) is 0 Å². The van der Waals surface area contributed by atoms with Crippen molar-refractivity contribution in [2.75, 3.05) is 13.1 Å². The molecule has 1 saturated heterocycles. The molecule has 1 fully saturated rings. The van der Waals surface area contributed by atoms with Crippen molar-refractivity contribution in [3.63, 3.8) is 0 Å². The maximum Gasteiger partial charge on any atom is 0.257 e. The first-order chi connectivity index (χ1) is 10.6. The number of aromatic nitrogens is 2. The van der Waals surface area contributed by atoms with E-state index in [0.29, 0.717) is 5.92 Å². The van der Waals surface area contributed by atoms with Crippen molar-refractivity contribution < 1.29 is 4.79 Å². The van der Waals surface area contributed by atoms with E-state index in [2.05, 4.69) is 35.4 Å². The van der Waals surface area contributed by atoms with Crippen molar-refractivity contribution in [1.82, 2.24) is 14.7 Å². The normalized spacial score (nSPS) is 16.0. The van der Waals surface area contributed by atoms with Crippen LogP contribution in [0.25, 0.3) is 0 Å². The highest BCUT2D eigenvalue weighted by Crippen LogP contribution is 2.23. The van der Waals surface area contributed by atoms with Crippen LogP contribution in [0.4, 0.5) is 0 Å². The standard InChI is InChI=1S/C18H23N3O/c1-14-17(13-20(2)19-14)18(22)21-10-8-16(9-11-21)12-15-6-4-3-5-7-15/h3-7,13,16H,8-12H2,1-2H3. The molecule has 0 bridgehead atoms. The lowest BCUT2D eigenvalue weighted by molar-refractivity contribution is 0.0690. The summed E-state index contributed by atoms with van der Waals surface area (Å²) in [5.41, 5.74) is 2.96. The van der Waals surface area contributed by atoms with Crippen LogP contribution < -0.4 is 0 Å². The van der Waals surface area contributed by atoms with Crippen LogP contribution >= 0.6 is 0 Å². The molecule has 2 aromatic rings. The summed E-state index contributed by atoms with van der Waals surface area (Å²) in [6, 6.07) is 10.6. The van der Waals surface area contributed by atoms with Gasteiger partial charge < -0.3 is 4.90 Å². The number of hydrogen-bond donors (Lipinski definition) is 0. The van der Waals surface area contributed by atoms with Crippen molar-refractivity contribution >= 4 is 5.91 Å². The number of rotatable bonds is 3. The molecule has 3 rings (SSSR count). The molecule has 4 heteroatoms. The van der Waals surface area contributed by atoms with E-state index in [1.807, 2.05) is 25.1 Å². The minimum Gasteiger partial charge on any atom is -0.339 e. The lowest BCUT2D eigenvalue weighted by Gasteiger charge is -2.32. The number of nitrogens with zero attached hydrogens (tertiary/aromatic N) is 3. The van der Waals surface area contributed by atoms with Crippen LogP contribution in [-0.2, 0) is 13.5 Å². The predicted octanol–water partition coefficient (Wildman–Crippen LogP) is 2.82. The number of amides is 1. The Morgan fingerprint density at radius 1 is 1.23 bits per heavy atom. The summed E-state index contributed by atoms with van der Waals surface area (Å²) in [7, 11) is 1.86. The highest BCUT2D eigenvalue weighted by Gasteiger charge is 2.25. The fourth-order valence-corrected chi connectivity index (χ4v) is 3.27. The third kappa shape index (κ3) is 3.21. The second-order valence-electron chi connectivity index (χ2n) is 6.23. The zero-order valence-electron chi connectivity index (χ0n) is 13.3. The fourth-order valence-electron chi connectivity index (χ4n) is 3.27. The average molecular weight is 297 g/mol. The van der Waals surface area contributed by atoms with Crippen LogP contribution in [-0.4, -0.2) is 33.7 Å². The van der Waals surface area contributed by atoms with Gasteiger partial charge in [0.25, 0.3) is 5.91 Å². The van der Waals surface area contributed by atoms with Gasteiger partial charge in [0.1, 0.15) is 0 Å². The number of hydrogen-bond acceptors (Lipinski definition) is 2. The number of likely N-dealkylation sites (tertiary alicyclic amines) is 1. The molecule has 0 N–H and O–H groups in total. The zero-order valence-corrected chi connectivity index (χ0v) is 13.3. The largest absolute Gasteiger partial charge is 0.339 e. The van der Waals surface area contributed by atoms with E-state index < -0.39 is 0 Å². The number of carbonyl (C=O) groups is 1. The van der Waals surface area contributed by atoms with Gasteiger partial charge in [-0.2, -0.15) is 5.10 Å². The Kier molecular flexibility index (Phi) is 4.27. The van der Waals surface area contributed by atoms with Crippen LogP contribution in [0.1, 0.15) is 34.5 Å². The summed E-state index contributed by atoms with van der Waals surface area (Å²) in [4.78, 5) is 14.5. The van der Waals surface area contributed by atoms with Crippen molar-refractivity contribution in [3.8, 4) is 0 Å². The maximum absolute atomic E-state index is 12.6. The van der Waals surface area contributed by atoms with Crippen molar-refractivity contribution in [3.05, 3.63) is 53.3 Å². The molecular formula is C18H23N3O. The van der Waals surface area contributed by atoms with Gasteiger partial charge in [-0.25, -0.2) is 0 Å². The Labute approximate surface area is 131 Å². The first-order valence-corrected chi connectivity index (χ1v) is 7.97. The van der Waals surface area contributed by atoms with E-state index in [0.717, 1.165) is 43.6 Å². The minimum atomic E-state index is 0.128. The van der Waals surface area contributed by atoms with E-state index in [-0.39, 0.29) is 5.91 Å². The molecule has 1 aromatic heterocycles.